The molecule has 1 aromatic heterocycles. The van der Waals surface area contributed by atoms with Crippen molar-refractivity contribution in [2.75, 3.05) is 5.73 Å². The van der Waals surface area contributed by atoms with E-state index in [-0.39, 0.29) is 5.82 Å². The Bertz CT molecular complexity index is 865. The first-order chi connectivity index (χ1) is 9.95. The van der Waals surface area contributed by atoms with Crippen LogP contribution in [0.5, 0.6) is 0 Å². The van der Waals surface area contributed by atoms with Gasteiger partial charge in [-0.15, -0.1) is 0 Å². The van der Waals surface area contributed by atoms with Gasteiger partial charge >= 0.3 is 0 Å². The van der Waals surface area contributed by atoms with Gasteiger partial charge in [0.25, 0.3) is 0 Å². The fourth-order valence-electron chi connectivity index (χ4n) is 2.04. The van der Waals surface area contributed by atoms with Crippen LogP contribution in [0.3, 0.4) is 0 Å². The lowest BCUT2D eigenvalue weighted by Crippen LogP contribution is -1.99. The van der Waals surface area contributed by atoms with Gasteiger partial charge in [-0.2, -0.15) is 0 Å². The van der Waals surface area contributed by atoms with Crippen molar-refractivity contribution in [3.63, 3.8) is 0 Å². The predicted octanol–water partition coefficient (Wildman–Crippen LogP) is 4.85. The first-order valence-corrected chi connectivity index (χ1v) is 7.73. The second kappa shape index (κ2) is 5.35. The highest BCUT2D eigenvalue weighted by Crippen LogP contribution is 2.31. The average Bonchev–Trinajstić information content (AvgIpc) is 2.43. The Hall–Kier alpha value is -1.53. The number of hydrogen-bond donors (Lipinski definition) is 1. The van der Waals surface area contributed by atoms with Gasteiger partial charge in [0.2, 0.25) is 0 Å². The summed E-state index contributed by atoms with van der Waals surface area (Å²) in [6.45, 7) is 1.71. The minimum absolute atomic E-state index is 0.287. The van der Waals surface area contributed by atoms with Gasteiger partial charge in [0.1, 0.15) is 11.6 Å². The molecule has 0 radical (unpaired) electrons. The third-order valence-corrected chi connectivity index (χ3v) is 4.24. The van der Waals surface area contributed by atoms with Crippen LogP contribution in [0.1, 0.15) is 5.56 Å². The molecular weight excluding hydrogens is 401 g/mol. The minimum atomic E-state index is -0.287. The van der Waals surface area contributed by atoms with Crippen molar-refractivity contribution in [2.45, 2.75) is 6.92 Å². The van der Waals surface area contributed by atoms with E-state index in [1.165, 1.54) is 6.07 Å². The standard InChI is InChI=1S/C15H10Br2FN3/c1-7-2-3-8(4-12(7)18)15-20-13-10(14(19)21-15)5-9(16)6-11(13)17/h2-6H,1H3,(H2,19,20,21). The van der Waals surface area contributed by atoms with E-state index >= 15 is 0 Å². The molecule has 3 aromatic rings. The van der Waals surface area contributed by atoms with Gasteiger partial charge in [-0.25, -0.2) is 14.4 Å². The lowest BCUT2D eigenvalue weighted by atomic mass is 10.1. The molecule has 6 heteroatoms. The molecule has 1 heterocycles. The Balaban J connectivity index is 2.27. The van der Waals surface area contributed by atoms with E-state index in [0.29, 0.717) is 28.3 Å². The molecule has 0 aliphatic heterocycles. The number of fused-ring (bicyclic) bond motifs is 1. The number of halogens is 3. The Morgan fingerprint density at radius 1 is 1.10 bits per heavy atom. The first kappa shape index (κ1) is 14.4. The Morgan fingerprint density at radius 2 is 1.86 bits per heavy atom. The van der Waals surface area contributed by atoms with Crippen molar-refractivity contribution in [1.82, 2.24) is 9.97 Å². The fourth-order valence-corrected chi connectivity index (χ4v) is 3.36. The Labute approximate surface area is 137 Å². The second-order valence-corrected chi connectivity index (χ2v) is 6.45. The Kier molecular flexibility index (Phi) is 3.67. The quantitative estimate of drug-likeness (QED) is 0.623. The van der Waals surface area contributed by atoms with E-state index < -0.39 is 0 Å². The van der Waals surface area contributed by atoms with Crippen LogP contribution in [-0.4, -0.2) is 9.97 Å². The van der Waals surface area contributed by atoms with Crippen molar-refractivity contribution >= 4 is 48.6 Å². The van der Waals surface area contributed by atoms with Gasteiger partial charge in [-0.3, -0.25) is 0 Å². The van der Waals surface area contributed by atoms with Crippen molar-refractivity contribution in [3.8, 4) is 11.4 Å². The molecule has 0 aliphatic carbocycles. The largest absolute Gasteiger partial charge is 0.383 e. The smallest absolute Gasteiger partial charge is 0.162 e. The molecule has 0 saturated carbocycles. The molecule has 2 N–H and O–H groups in total. The monoisotopic (exact) mass is 409 g/mol. The van der Waals surface area contributed by atoms with Crippen molar-refractivity contribution in [3.05, 3.63) is 50.7 Å². The zero-order valence-electron chi connectivity index (χ0n) is 11.0. The van der Waals surface area contributed by atoms with Gasteiger partial charge in [-0.05, 0) is 46.6 Å². The number of aryl methyl sites for hydroxylation is 1. The van der Waals surface area contributed by atoms with Crippen LogP contribution >= 0.6 is 31.9 Å². The van der Waals surface area contributed by atoms with Gasteiger partial charge in [-0.1, -0.05) is 28.1 Å². The van der Waals surface area contributed by atoms with Gasteiger partial charge < -0.3 is 5.73 Å². The summed E-state index contributed by atoms with van der Waals surface area (Å²) in [7, 11) is 0. The number of nitrogen functional groups attached to an aromatic ring is 1. The summed E-state index contributed by atoms with van der Waals surface area (Å²) in [6, 6.07) is 8.64. The third-order valence-electron chi connectivity index (χ3n) is 3.18. The molecular formula is C15H10Br2FN3. The molecule has 0 amide bonds. The molecule has 2 aromatic carbocycles. The van der Waals surface area contributed by atoms with E-state index in [9.17, 15) is 4.39 Å². The minimum Gasteiger partial charge on any atom is -0.383 e. The van der Waals surface area contributed by atoms with Crippen LogP contribution in [-0.2, 0) is 0 Å². The molecule has 106 valence electrons. The topological polar surface area (TPSA) is 51.8 Å². The highest BCUT2D eigenvalue weighted by Gasteiger charge is 2.12. The third kappa shape index (κ3) is 2.65. The van der Waals surface area contributed by atoms with Gasteiger partial charge in [0, 0.05) is 19.9 Å². The number of aromatic nitrogens is 2. The first-order valence-electron chi connectivity index (χ1n) is 6.14. The van der Waals surface area contributed by atoms with Crippen molar-refractivity contribution in [1.29, 1.82) is 0 Å². The lowest BCUT2D eigenvalue weighted by Gasteiger charge is -2.08. The molecule has 0 spiro atoms. The summed E-state index contributed by atoms with van der Waals surface area (Å²) >= 11 is 6.87. The maximum absolute atomic E-state index is 13.7. The van der Waals surface area contributed by atoms with E-state index in [2.05, 4.69) is 41.8 Å². The predicted molar refractivity (Wildman–Crippen MR) is 89.5 cm³/mol. The molecule has 0 unspecified atom stereocenters. The lowest BCUT2D eigenvalue weighted by molar-refractivity contribution is 0.619. The summed E-state index contributed by atoms with van der Waals surface area (Å²) in [5, 5.41) is 0.743. The fraction of sp³-hybridized carbons (Fsp3) is 0.0667. The number of rotatable bonds is 1. The highest BCUT2D eigenvalue weighted by atomic mass is 79.9. The molecule has 3 nitrogen and oxygen atoms in total. The van der Waals surface area contributed by atoms with Gasteiger partial charge in [0.15, 0.2) is 5.82 Å². The van der Waals surface area contributed by atoms with E-state index in [1.807, 2.05) is 12.1 Å². The normalized spacial score (nSPS) is 11.0. The van der Waals surface area contributed by atoms with Crippen LogP contribution in [0.2, 0.25) is 0 Å². The molecule has 0 atom stereocenters. The zero-order chi connectivity index (χ0) is 15.1. The number of nitrogens with zero attached hydrogens (tertiary/aromatic N) is 2. The second-order valence-electron chi connectivity index (χ2n) is 4.68. The maximum Gasteiger partial charge on any atom is 0.162 e. The van der Waals surface area contributed by atoms with E-state index in [1.54, 1.807) is 19.1 Å². The Morgan fingerprint density at radius 3 is 2.57 bits per heavy atom. The van der Waals surface area contributed by atoms with Crippen molar-refractivity contribution < 1.29 is 4.39 Å². The molecule has 0 saturated heterocycles. The number of hydrogen-bond acceptors (Lipinski definition) is 3. The van der Waals surface area contributed by atoms with E-state index in [0.717, 1.165) is 14.3 Å². The number of benzene rings is 2. The summed E-state index contributed by atoms with van der Waals surface area (Å²) in [5.74, 6) is 0.476. The molecule has 3 rings (SSSR count). The maximum atomic E-state index is 13.7. The van der Waals surface area contributed by atoms with Crippen LogP contribution in [0, 0.1) is 12.7 Å². The molecule has 0 aliphatic rings. The summed E-state index contributed by atoms with van der Waals surface area (Å²) in [5.41, 5.74) is 7.89. The van der Waals surface area contributed by atoms with Crippen LogP contribution < -0.4 is 5.73 Å². The summed E-state index contributed by atoms with van der Waals surface area (Å²) in [4.78, 5) is 8.78. The average molecular weight is 411 g/mol. The number of nitrogens with two attached hydrogens (primary N) is 1. The molecule has 0 bridgehead atoms. The number of anilines is 1. The van der Waals surface area contributed by atoms with E-state index in [4.69, 9.17) is 5.73 Å². The van der Waals surface area contributed by atoms with Crippen molar-refractivity contribution in [2.24, 2.45) is 0 Å². The van der Waals surface area contributed by atoms with Gasteiger partial charge in [0.05, 0.1) is 5.52 Å². The van der Waals surface area contributed by atoms with Crippen LogP contribution in [0.15, 0.2) is 39.3 Å². The van der Waals surface area contributed by atoms with Crippen LogP contribution in [0.25, 0.3) is 22.3 Å². The summed E-state index contributed by atoms with van der Waals surface area (Å²) in [6.07, 6.45) is 0. The molecule has 0 fully saturated rings. The SMILES string of the molecule is Cc1ccc(-c2nc(N)c3cc(Br)cc(Br)c3n2)cc1F. The zero-order valence-corrected chi connectivity index (χ0v) is 14.2. The molecule has 21 heavy (non-hydrogen) atoms. The van der Waals surface area contributed by atoms with Crippen LogP contribution in [0.4, 0.5) is 10.2 Å². The summed E-state index contributed by atoms with van der Waals surface area (Å²) < 4.78 is 15.4. The highest BCUT2D eigenvalue weighted by molar-refractivity contribution is 9.11.